The minimum absolute atomic E-state index is 0.0246. The van der Waals surface area contributed by atoms with Gasteiger partial charge in [-0.25, -0.2) is 13.1 Å². The molecular formula is C13H10F3N3O3S2. The minimum atomic E-state index is -4.54. The van der Waals surface area contributed by atoms with Gasteiger partial charge in [-0.3, -0.25) is 5.10 Å². The van der Waals surface area contributed by atoms with Crippen molar-refractivity contribution < 1.29 is 26.0 Å². The quantitative estimate of drug-likeness (QED) is 0.715. The van der Waals surface area contributed by atoms with Crippen LogP contribution in [0.3, 0.4) is 0 Å². The molecule has 0 atom stereocenters. The van der Waals surface area contributed by atoms with Crippen molar-refractivity contribution in [1.82, 2.24) is 14.9 Å². The van der Waals surface area contributed by atoms with Crippen LogP contribution in [0, 0.1) is 0 Å². The number of nitrogens with one attached hydrogen (secondary N) is 2. The Bertz CT molecular complexity index is 927. The van der Waals surface area contributed by atoms with Gasteiger partial charge in [0.25, 0.3) is 0 Å². The van der Waals surface area contributed by atoms with Gasteiger partial charge in [0, 0.05) is 0 Å². The third-order valence-electron chi connectivity index (χ3n) is 3.00. The molecule has 3 heterocycles. The second-order valence-electron chi connectivity index (χ2n) is 4.69. The van der Waals surface area contributed by atoms with Crippen LogP contribution in [-0.2, 0) is 22.7 Å². The standard InChI is InChI=1S/C13H10F3N3O3S2/c14-13(15,16)11-6-9(18-19-11)10-3-4-12(23-10)24(20,21)17-7-8-2-1-5-22-8/h1-6,17H,7H2,(H,18,19). The molecule has 0 radical (unpaired) electrons. The fourth-order valence-electron chi connectivity index (χ4n) is 1.85. The molecule has 24 heavy (non-hydrogen) atoms. The van der Waals surface area contributed by atoms with Crippen LogP contribution in [0.5, 0.6) is 0 Å². The number of aromatic nitrogens is 2. The average molecular weight is 377 g/mol. The Balaban J connectivity index is 1.78. The zero-order valence-electron chi connectivity index (χ0n) is 11.8. The molecule has 11 heteroatoms. The highest BCUT2D eigenvalue weighted by Gasteiger charge is 2.33. The number of hydrogen-bond donors (Lipinski definition) is 2. The number of alkyl halides is 3. The summed E-state index contributed by atoms with van der Waals surface area (Å²) in [6.07, 6.45) is -3.12. The van der Waals surface area contributed by atoms with Gasteiger partial charge in [0.2, 0.25) is 10.0 Å². The summed E-state index contributed by atoms with van der Waals surface area (Å²) in [6.45, 7) is -0.0246. The van der Waals surface area contributed by atoms with Gasteiger partial charge in [-0.2, -0.15) is 18.3 Å². The minimum Gasteiger partial charge on any atom is -0.468 e. The third kappa shape index (κ3) is 3.52. The number of sulfonamides is 1. The molecule has 0 spiro atoms. The molecule has 0 aliphatic heterocycles. The van der Waals surface area contributed by atoms with Crippen LogP contribution in [0.25, 0.3) is 10.6 Å². The Morgan fingerprint density at radius 2 is 2.08 bits per heavy atom. The van der Waals surface area contributed by atoms with Crippen LogP contribution in [-0.4, -0.2) is 18.6 Å². The normalized spacial score (nSPS) is 12.6. The predicted molar refractivity (Wildman–Crippen MR) is 79.6 cm³/mol. The van der Waals surface area contributed by atoms with E-state index in [1.165, 1.54) is 18.4 Å². The molecule has 2 N–H and O–H groups in total. The van der Waals surface area contributed by atoms with Gasteiger partial charge in [-0.15, -0.1) is 11.3 Å². The van der Waals surface area contributed by atoms with Gasteiger partial charge in [0.1, 0.15) is 21.4 Å². The molecule has 0 aliphatic rings. The van der Waals surface area contributed by atoms with Crippen molar-refractivity contribution >= 4 is 21.4 Å². The summed E-state index contributed by atoms with van der Waals surface area (Å²) in [6, 6.07) is 6.79. The number of rotatable bonds is 5. The lowest BCUT2D eigenvalue weighted by molar-refractivity contribution is -0.141. The van der Waals surface area contributed by atoms with E-state index in [4.69, 9.17) is 4.42 Å². The lowest BCUT2D eigenvalue weighted by atomic mass is 10.3. The highest BCUT2D eigenvalue weighted by Crippen LogP contribution is 2.34. The fraction of sp³-hybridized carbons (Fsp3) is 0.154. The molecule has 0 bridgehead atoms. The lowest BCUT2D eigenvalue weighted by Gasteiger charge is -2.02. The average Bonchev–Trinajstić information content (AvgIpc) is 3.23. The van der Waals surface area contributed by atoms with E-state index in [9.17, 15) is 21.6 Å². The van der Waals surface area contributed by atoms with E-state index in [-0.39, 0.29) is 16.4 Å². The van der Waals surface area contributed by atoms with Crippen LogP contribution >= 0.6 is 11.3 Å². The predicted octanol–water partition coefficient (Wildman–Crippen LogP) is 3.23. The topological polar surface area (TPSA) is 88.0 Å². The maximum atomic E-state index is 12.6. The third-order valence-corrected chi connectivity index (χ3v) is 6.00. The molecule has 0 aromatic carbocycles. The Hall–Kier alpha value is -2.11. The zero-order valence-corrected chi connectivity index (χ0v) is 13.4. The molecule has 0 saturated carbocycles. The number of furan rings is 1. The molecule has 0 amide bonds. The summed E-state index contributed by atoms with van der Waals surface area (Å²) in [5, 5.41) is 5.46. The van der Waals surface area contributed by atoms with E-state index in [0.29, 0.717) is 10.6 Å². The number of H-pyrrole nitrogens is 1. The van der Waals surface area contributed by atoms with E-state index in [1.807, 2.05) is 5.10 Å². The first-order valence-corrected chi connectivity index (χ1v) is 8.80. The summed E-state index contributed by atoms with van der Waals surface area (Å²) < 4.78 is 69.4. The maximum Gasteiger partial charge on any atom is 0.432 e. The van der Waals surface area contributed by atoms with Crippen molar-refractivity contribution in [3.63, 3.8) is 0 Å². The van der Waals surface area contributed by atoms with Crippen LogP contribution in [0.4, 0.5) is 13.2 Å². The fourth-order valence-corrected chi connectivity index (χ4v) is 4.15. The first-order valence-electron chi connectivity index (χ1n) is 6.50. The summed E-state index contributed by atoms with van der Waals surface area (Å²) >= 11 is 0.823. The molecule has 128 valence electrons. The molecule has 6 nitrogen and oxygen atoms in total. The van der Waals surface area contributed by atoms with Crippen LogP contribution in [0.1, 0.15) is 11.5 Å². The van der Waals surface area contributed by atoms with Crippen molar-refractivity contribution in [3.8, 4) is 10.6 Å². The highest BCUT2D eigenvalue weighted by atomic mass is 32.2. The van der Waals surface area contributed by atoms with Gasteiger partial charge < -0.3 is 4.42 Å². The SMILES string of the molecule is O=S(=O)(NCc1ccco1)c1ccc(-c2cc(C(F)(F)F)[nH]n2)s1. The summed E-state index contributed by atoms with van der Waals surface area (Å²) in [5.74, 6) is 0.442. The van der Waals surface area contributed by atoms with Crippen molar-refractivity contribution in [1.29, 1.82) is 0 Å². The molecule has 0 aliphatic carbocycles. The number of hydrogen-bond acceptors (Lipinski definition) is 5. The molecule has 0 unspecified atom stereocenters. The summed E-state index contributed by atoms with van der Waals surface area (Å²) in [7, 11) is -3.80. The lowest BCUT2D eigenvalue weighted by Crippen LogP contribution is -2.22. The number of thiophene rings is 1. The Labute approximate surface area is 138 Å². The summed E-state index contributed by atoms with van der Waals surface area (Å²) in [5.41, 5.74) is -0.967. The Kier molecular flexibility index (Phi) is 4.24. The molecular weight excluding hydrogens is 367 g/mol. The van der Waals surface area contributed by atoms with Crippen molar-refractivity contribution in [2.75, 3.05) is 0 Å². The first kappa shape index (κ1) is 16.7. The first-order chi connectivity index (χ1) is 11.3. The van der Waals surface area contributed by atoms with Gasteiger partial charge >= 0.3 is 6.18 Å². The molecule has 3 aromatic rings. The van der Waals surface area contributed by atoms with E-state index in [0.717, 1.165) is 17.4 Å². The van der Waals surface area contributed by atoms with Crippen LogP contribution in [0.15, 0.2) is 45.2 Å². The second-order valence-corrected chi connectivity index (χ2v) is 7.76. The van der Waals surface area contributed by atoms with Gasteiger partial charge in [0.15, 0.2) is 0 Å². The Morgan fingerprint density at radius 1 is 1.29 bits per heavy atom. The van der Waals surface area contributed by atoms with Crippen LogP contribution < -0.4 is 4.72 Å². The zero-order chi connectivity index (χ0) is 17.4. The van der Waals surface area contributed by atoms with Gasteiger partial charge in [-0.1, -0.05) is 0 Å². The number of nitrogens with zero attached hydrogens (tertiary/aromatic N) is 1. The summed E-state index contributed by atoms with van der Waals surface area (Å²) in [4.78, 5) is 0.306. The van der Waals surface area contributed by atoms with E-state index in [2.05, 4.69) is 9.82 Å². The largest absolute Gasteiger partial charge is 0.468 e. The van der Waals surface area contributed by atoms with Crippen molar-refractivity contribution in [2.24, 2.45) is 0 Å². The number of halogens is 3. The van der Waals surface area contributed by atoms with Gasteiger partial charge in [0.05, 0.1) is 17.7 Å². The van der Waals surface area contributed by atoms with Crippen molar-refractivity contribution in [2.45, 2.75) is 16.9 Å². The molecule has 0 saturated heterocycles. The van der Waals surface area contributed by atoms with E-state index < -0.39 is 21.9 Å². The molecule has 3 aromatic heterocycles. The molecule has 3 rings (SSSR count). The maximum absolute atomic E-state index is 12.6. The van der Waals surface area contributed by atoms with Crippen LogP contribution in [0.2, 0.25) is 0 Å². The Morgan fingerprint density at radius 3 is 2.71 bits per heavy atom. The monoisotopic (exact) mass is 377 g/mol. The number of aromatic amines is 1. The molecule has 0 fully saturated rings. The second kappa shape index (κ2) is 6.07. The van der Waals surface area contributed by atoms with E-state index >= 15 is 0 Å². The smallest absolute Gasteiger partial charge is 0.432 e. The van der Waals surface area contributed by atoms with E-state index in [1.54, 1.807) is 12.1 Å². The van der Waals surface area contributed by atoms with Crippen molar-refractivity contribution in [3.05, 3.63) is 48.0 Å². The van der Waals surface area contributed by atoms with Gasteiger partial charge in [-0.05, 0) is 30.3 Å². The highest BCUT2D eigenvalue weighted by molar-refractivity contribution is 7.91.